The van der Waals surface area contributed by atoms with Crippen molar-refractivity contribution in [3.05, 3.63) is 115 Å². The summed E-state index contributed by atoms with van der Waals surface area (Å²) in [6, 6.07) is 14.2. The Hall–Kier alpha value is -4.77. The van der Waals surface area contributed by atoms with Crippen LogP contribution in [-0.4, -0.2) is 38.8 Å². The number of likely N-dealkylation sites (tertiary alicyclic amines) is 1. The van der Waals surface area contributed by atoms with Crippen LogP contribution in [0.1, 0.15) is 49.8 Å². The predicted molar refractivity (Wildman–Crippen MR) is 152 cm³/mol. The van der Waals surface area contributed by atoms with E-state index < -0.39 is 46.6 Å². The zero-order chi connectivity index (χ0) is 29.4. The van der Waals surface area contributed by atoms with Crippen LogP contribution >= 0.6 is 11.3 Å². The summed E-state index contributed by atoms with van der Waals surface area (Å²) in [5, 5.41) is 26.9. The molecule has 10 nitrogen and oxygen atoms in total. The minimum absolute atomic E-state index is 0.0206. The molecule has 0 radical (unpaired) electrons. The zero-order valence-corrected chi connectivity index (χ0v) is 23.3. The number of hydrogen-bond donors (Lipinski definition) is 2. The van der Waals surface area contributed by atoms with Crippen molar-refractivity contribution in [3.63, 3.8) is 0 Å². The molecule has 2 aromatic carbocycles. The number of aryl methyl sites for hydroxylation is 3. The van der Waals surface area contributed by atoms with E-state index in [0.29, 0.717) is 16.3 Å². The Kier molecular flexibility index (Phi) is 7.46. The molecule has 0 saturated carbocycles. The van der Waals surface area contributed by atoms with E-state index in [2.05, 4.69) is 5.32 Å². The van der Waals surface area contributed by atoms with Crippen LogP contribution in [0.25, 0.3) is 0 Å². The largest absolute Gasteiger partial charge is 0.480 e. The van der Waals surface area contributed by atoms with E-state index >= 15 is 0 Å². The smallest absolute Gasteiger partial charge is 0.327 e. The van der Waals surface area contributed by atoms with Crippen LogP contribution in [0.5, 0.6) is 0 Å². The third-order valence-corrected chi connectivity index (χ3v) is 8.46. The van der Waals surface area contributed by atoms with Crippen molar-refractivity contribution in [3.8, 4) is 0 Å². The quantitative estimate of drug-likeness (QED) is 0.146. The van der Waals surface area contributed by atoms with Crippen LogP contribution < -0.4 is 5.32 Å². The minimum Gasteiger partial charge on any atom is -0.480 e. The Labute approximate surface area is 239 Å². The fraction of sp³-hybridized carbons (Fsp3) is 0.233. The Bertz CT molecular complexity index is 1660. The van der Waals surface area contributed by atoms with E-state index in [1.165, 1.54) is 35.6 Å². The fourth-order valence-corrected chi connectivity index (χ4v) is 6.71. The van der Waals surface area contributed by atoms with E-state index in [1.54, 1.807) is 42.6 Å². The van der Waals surface area contributed by atoms with Gasteiger partial charge in [0.1, 0.15) is 11.8 Å². The number of amides is 2. The van der Waals surface area contributed by atoms with Gasteiger partial charge in [0, 0.05) is 28.6 Å². The average molecular weight is 574 g/mol. The molecule has 0 bridgehead atoms. The van der Waals surface area contributed by atoms with E-state index in [-0.39, 0.29) is 17.0 Å². The molecule has 4 unspecified atom stereocenters. The second-order valence-corrected chi connectivity index (χ2v) is 11.0. The lowest BCUT2D eigenvalue weighted by molar-refractivity contribution is -0.385. The summed E-state index contributed by atoms with van der Waals surface area (Å²) in [7, 11) is 0. The maximum Gasteiger partial charge on any atom is 0.327 e. The number of aliphatic carboxylic acids is 1. The molecule has 5 rings (SSSR count). The molecular formula is C30H27N3O7S. The number of ketones is 1. The summed E-state index contributed by atoms with van der Waals surface area (Å²) in [5.74, 6) is -3.37. The third kappa shape index (κ3) is 5.23. The minimum atomic E-state index is -1.47. The summed E-state index contributed by atoms with van der Waals surface area (Å²) in [5.41, 5.74) is 2.12. The number of carbonyl (C=O) groups is 3. The van der Waals surface area contributed by atoms with Crippen LogP contribution in [-0.2, 0) is 4.79 Å². The van der Waals surface area contributed by atoms with Crippen molar-refractivity contribution in [2.75, 3.05) is 5.32 Å². The van der Waals surface area contributed by atoms with Gasteiger partial charge in [-0.25, -0.2) is 9.59 Å². The molecule has 41 heavy (non-hydrogen) atoms. The molecule has 0 spiro atoms. The number of carbonyl (C=O) groups excluding carboxylic acids is 2. The summed E-state index contributed by atoms with van der Waals surface area (Å²) in [6.45, 7) is 5.36. The first kappa shape index (κ1) is 27.8. The highest BCUT2D eigenvalue weighted by Gasteiger charge is 2.59. The molecule has 2 aromatic heterocycles. The number of hydrogen-bond acceptors (Lipinski definition) is 7. The van der Waals surface area contributed by atoms with Crippen molar-refractivity contribution in [1.29, 1.82) is 0 Å². The van der Waals surface area contributed by atoms with Crippen LogP contribution in [0.4, 0.5) is 16.2 Å². The molecule has 1 aliphatic heterocycles. The van der Waals surface area contributed by atoms with Gasteiger partial charge in [-0.05, 0) is 73.2 Å². The lowest BCUT2D eigenvalue weighted by Crippen LogP contribution is -2.45. The topological polar surface area (TPSA) is 143 Å². The molecule has 3 heterocycles. The number of rotatable bonds is 7. The van der Waals surface area contributed by atoms with Crippen molar-refractivity contribution in [1.82, 2.24) is 4.90 Å². The highest BCUT2D eigenvalue weighted by molar-refractivity contribution is 7.10. The van der Waals surface area contributed by atoms with Gasteiger partial charge >= 0.3 is 12.0 Å². The van der Waals surface area contributed by atoms with E-state index in [1.807, 2.05) is 26.0 Å². The van der Waals surface area contributed by atoms with Gasteiger partial charge in [0.05, 0.1) is 16.9 Å². The first-order valence-corrected chi connectivity index (χ1v) is 13.7. The zero-order valence-electron chi connectivity index (χ0n) is 22.4. The van der Waals surface area contributed by atoms with Gasteiger partial charge in [0.25, 0.3) is 5.69 Å². The molecule has 11 heteroatoms. The predicted octanol–water partition coefficient (Wildman–Crippen LogP) is 6.50. The number of nitro groups is 1. The van der Waals surface area contributed by atoms with Crippen LogP contribution in [0.2, 0.25) is 0 Å². The molecule has 210 valence electrons. The fourth-order valence-electron chi connectivity index (χ4n) is 5.61. The van der Waals surface area contributed by atoms with E-state index in [4.69, 9.17) is 4.42 Å². The average Bonchev–Trinajstić information content (AvgIpc) is 3.64. The first-order valence-electron chi connectivity index (χ1n) is 12.8. The van der Waals surface area contributed by atoms with Crippen LogP contribution in [0.3, 0.4) is 0 Å². The summed E-state index contributed by atoms with van der Waals surface area (Å²) < 4.78 is 5.68. The number of Topliss-reactive ketones (excluding diaryl/α,β-unsaturated/α-hetero) is 1. The number of benzene rings is 2. The molecule has 2 amide bonds. The number of nitro benzene ring substituents is 1. The van der Waals surface area contributed by atoms with Gasteiger partial charge in [0.15, 0.2) is 5.76 Å². The van der Waals surface area contributed by atoms with Gasteiger partial charge in [-0.2, -0.15) is 0 Å². The monoisotopic (exact) mass is 573 g/mol. The maximum absolute atomic E-state index is 14.2. The second kappa shape index (κ2) is 11.0. The maximum atomic E-state index is 14.2. The molecule has 1 saturated heterocycles. The highest BCUT2D eigenvalue weighted by atomic mass is 32.1. The van der Waals surface area contributed by atoms with Crippen molar-refractivity contribution in [2.24, 2.45) is 5.92 Å². The molecule has 4 aromatic rings. The van der Waals surface area contributed by atoms with Crippen LogP contribution in [0.15, 0.2) is 76.5 Å². The van der Waals surface area contributed by atoms with Crippen molar-refractivity contribution < 1.29 is 28.8 Å². The highest BCUT2D eigenvalue weighted by Crippen LogP contribution is 2.53. The summed E-state index contributed by atoms with van der Waals surface area (Å²) in [4.78, 5) is 54.2. The number of carboxylic acids is 1. The Morgan fingerprint density at radius 3 is 2.39 bits per heavy atom. The van der Waals surface area contributed by atoms with Gasteiger partial charge in [0.2, 0.25) is 5.78 Å². The van der Waals surface area contributed by atoms with Crippen molar-refractivity contribution >= 4 is 40.5 Å². The number of carboxylic acid groups (broad SMARTS) is 1. The normalized spacial score (nSPS) is 20.1. The van der Waals surface area contributed by atoms with Gasteiger partial charge in [-0.1, -0.05) is 24.3 Å². The molecule has 4 atom stereocenters. The van der Waals surface area contributed by atoms with Gasteiger partial charge in [-0.15, -0.1) is 11.3 Å². The Morgan fingerprint density at radius 2 is 1.78 bits per heavy atom. The number of anilines is 1. The van der Waals surface area contributed by atoms with Crippen molar-refractivity contribution in [2.45, 2.75) is 38.8 Å². The van der Waals surface area contributed by atoms with Gasteiger partial charge < -0.3 is 19.7 Å². The summed E-state index contributed by atoms with van der Waals surface area (Å²) >= 11 is 1.30. The second-order valence-electron chi connectivity index (χ2n) is 10.1. The van der Waals surface area contributed by atoms with Gasteiger partial charge in [-0.3, -0.25) is 14.9 Å². The molecule has 1 aliphatic rings. The lowest BCUT2D eigenvalue weighted by Gasteiger charge is -2.30. The SMILES string of the molecule is Cc1cccc(NC(=O)N2C(C(=O)O)C(c3sccc3C)C(C(=O)c3ccc(C)o3)C2c2cccc([N+](=O)[O-])c2)c1. The lowest BCUT2D eigenvalue weighted by atomic mass is 9.79. The Morgan fingerprint density at radius 1 is 1.02 bits per heavy atom. The van der Waals surface area contributed by atoms with E-state index in [9.17, 15) is 29.6 Å². The van der Waals surface area contributed by atoms with Crippen LogP contribution in [0, 0.1) is 36.8 Å². The number of urea groups is 1. The third-order valence-electron chi connectivity index (χ3n) is 7.34. The molecule has 2 N–H and O–H groups in total. The molecule has 0 aliphatic carbocycles. The number of nitrogens with one attached hydrogen (secondary N) is 1. The number of furan rings is 1. The van der Waals surface area contributed by atoms with E-state index in [0.717, 1.165) is 16.0 Å². The Balaban J connectivity index is 1.75. The number of non-ortho nitro benzene ring substituents is 1. The molecule has 1 fully saturated rings. The standard InChI is InChI=1S/C30H27N3O7S/c1-16-6-4-8-20(14-16)31-30(37)32-25(19-7-5-9-21(15-19)33(38)39)23(27(34)22-11-10-18(3)40-22)24(26(32)29(35)36)28-17(2)12-13-41-28/h4-15,23-26H,1-3H3,(H,31,37)(H,35,36). The first-order chi connectivity index (χ1) is 19.6. The molecular weight excluding hydrogens is 546 g/mol. The number of nitrogens with zero attached hydrogens (tertiary/aromatic N) is 2. The summed E-state index contributed by atoms with van der Waals surface area (Å²) in [6.07, 6.45) is 0. The number of thiophene rings is 1.